The quantitative estimate of drug-likeness (QED) is 0.861. The molecule has 0 aromatic heterocycles. The van der Waals surface area contributed by atoms with Crippen LogP contribution in [0.2, 0.25) is 0 Å². The van der Waals surface area contributed by atoms with E-state index >= 15 is 0 Å². The number of halogens is 1. The van der Waals surface area contributed by atoms with Gasteiger partial charge < -0.3 is 5.32 Å². The fourth-order valence-corrected chi connectivity index (χ4v) is 2.09. The molecule has 0 saturated carbocycles. The van der Waals surface area contributed by atoms with Crippen molar-refractivity contribution >= 4 is 0 Å². The van der Waals surface area contributed by atoms with Crippen molar-refractivity contribution in [2.45, 2.75) is 33.4 Å². The van der Waals surface area contributed by atoms with Gasteiger partial charge in [-0.1, -0.05) is 38.1 Å². The Kier molecular flexibility index (Phi) is 4.33. The third-order valence-corrected chi connectivity index (χ3v) is 3.02. The smallest absolute Gasteiger partial charge is 0.124 e. The third kappa shape index (κ3) is 3.90. The summed E-state index contributed by atoms with van der Waals surface area (Å²) in [4.78, 5) is 0. The maximum atomic E-state index is 13.5. The summed E-state index contributed by atoms with van der Waals surface area (Å²) in [5, 5.41) is 3.39. The van der Waals surface area contributed by atoms with Crippen molar-refractivity contribution in [3.05, 3.63) is 59.4 Å². The molecule has 19 heavy (non-hydrogen) atoms. The number of hydrogen-bond acceptors (Lipinski definition) is 1. The molecule has 0 spiro atoms. The predicted octanol–water partition coefficient (Wildman–Crippen LogP) is 4.30. The maximum absolute atomic E-state index is 13.5. The number of benzene rings is 2. The summed E-state index contributed by atoms with van der Waals surface area (Å²) in [5.41, 5.74) is 4.16. The lowest BCUT2D eigenvalue weighted by Gasteiger charge is -2.10. The summed E-state index contributed by atoms with van der Waals surface area (Å²) < 4.78 is 13.5. The number of rotatable bonds is 4. The fourth-order valence-electron chi connectivity index (χ4n) is 2.09. The van der Waals surface area contributed by atoms with Gasteiger partial charge in [-0.2, -0.15) is 0 Å². The van der Waals surface area contributed by atoms with Crippen LogP contribution in [0.15, 0.2) is 42.5 Å². The van der Waals surface area contributed by atoms with E-state index in [1.807, 2.05) is 25.1 Å². The zero-order chi connectivity index (χ0) is 13.8. The molecule has 2 rings (SSSR count). The van der Waals surface area contributed by atoms with Crippen molar-refractivity contribution in [1.29, 1.82) is 0 Å². The van der Waals surface area contributed by atoms with E-state index in [4.69, 9.17) is 0 Å². The Morgan fingerprint density at radius 2 is 1.84 bits per heavy atom. The second-order valence-electron chi connectivity index (χ2n) is 5.25. The van der Waals surface area contributed by atoms with Crippen LogP contribution in [-0.4, -0.2) is 6.04 Å². The Balaban J connectivity index is 2.27. The van der Waals surface area contributed by atoms with Crippen LogP contribution in [-0.2, 0) is 6.54 Å². The first-order chi connectivity index (χ1) is 9.04. The summed E-state index contributed by atoms with van der Waals surface area (Å²) in [5.74, 6) is -0.180. The molecule has 0 atom stereocenters. The SMILES string of the molecule is Cc1cc(F)cc(-c2cccc(CNC(C)C)c2)c1. The van der Waals surface area contributed by atoms with Gasteiger partial charge in [0.05, 0.1) is 0 Å². The van der Waals surface area contributed by atoms with Crippen molar-refractivity contribution in [3.8, 4) is 11.1 Å². The second kappa shape index (κ2) is 5.98. The van der Waals surface area contributed by atoms with Crippen LogP contribution in [0, 0.1) is 12.7 Å². The molecular weight excluding hydrogens is 237 g/mol. The van der Waals surface area contributed by atoms with Gasteiger partial charge in [0.1, 0.15) is 5.82 Å². The van der Waals surface area contributed by atoms with Crippen LogP contribution in [0.1, 0.15) is 25.0 Å². The molecule has 2 aromatic rings. The average Bonchev–Trinajstić information content (AvgIpc) is 2.35. The molecule has 2 aromatic carbocycles. The molecule has 0 bridgehead atoms. The lowest BCUT2D eigenvalue weighted by atomic mass is 10.0. The lowest BCUT2D eigenvalue weighted by Crippen LogP contribution is -2.21. The second-order valence-corrected chi connectivity index (χ2v) is 5.25. The largest absolute Gasteiger partial charge is 0.310 e. The van der Waals surface area contributed by atoms with Crippen LogP contribution in [0.25, 0.3) is 11.1 Å². The third-order valence-electron chi connectivity index (χ3n) is 3.02. The molecule has 0 heterocycles. The minimum absolute atomic E-state index is 0.180. The van der Waals surface area contributed by atoms with Crippen LogP contribution < -0.4 is 5.32 Å². The van der Waals surface area contributed by atoms with E-state index in [9.17, 15) is 4.39 Å². The first kappa shape index (κ1) is 13.8. The van der Waals surface area contributed by atoms with Gasteiger partial charge in [-0.25, -0.2) is 4.39 Å². The number of nitrogens with one attached hydrogen (secondary N) is 1. The first-order valence-electron chi connectivity index (χ1n) is 6.64. The predicted molar refractivity (Wildman–Crippen MR) is 78.5 cm³/mol. The summed E-state index contributed by atoms with van der Waals surface area (Å²) in [6.45, 7) is 7.00. The Bertz CT molecular complexity index is 541. The standard InChI is InChI=1S/C17H20FN/c1-12(2)19-11-14-5-4-6-15(9-14)16-7-13(3)8-17(18)10-16/h4-10,12,19H,11H2,1-3H3. The topological polar surface area (TPSA) is 12.0 Å². The number of aryl methyl sites for hydroxylation is 1. The van der Waals surface area contributed by atoms with E-state index in [0.29, 0.717) is 6.04 Å². The van der Waals surface area contributed by atoms with Crippen LogP contribution in [0.5, 0.6) is 0 Å². The summed E-state index contributed by atoms with van der Waals surface area (Å²) >= 11 is 0. The molecule has 0 saturated heterocycles. The van der Waals surface area contributed by atoms with Gasteiger partial charge in [-0.05, 0) is 47.4 Å². The highest BCUT2D eigenvalue weighted by Gasteiger charge is 2.03. The molecule has 1 N–H and O–H groups in total. The molecule has 1 nitrogen and oxygen atoms in total. The van der Waals surface area contributed by atoms with Gasteiger partial charge in [0.25, 0.3) is 0 Å². The summed E-state index contributed by atoms with van der Waals surface area (Å²) in [7, 11) is 0. The van der Waals surface area contributed by atoms with E-state index in [2.05, 4.69) is 31.3 Å². The molecular formula is C17H20FN. The Morgan fingerprint density at radius 1 is 1.05 bits per heavy atom. The molecule has 2 heteroatoms. The highest BCUT2D eigenvalue weighted by Crippen LogP contribution is 2.22. The van der Waals surface area contributed by atoms with Gasteiger partial charge in [-0.15, -0.1) is 0 Å². The van der Waals surface area contributed by atoms with Gasteiger partial charge >= 0.3 is 0 Å². The van der Waals surface area contributed by atoms with Crippen molar-refractivity contribution in [2.75, 3.05) is 0 Å². The maximum Gasteiger partial charge on any atom is 0.124 e. The highest BCUT2D eigenvalue weighted by atomic mass is 19.1. The normalized spacial score (nSPS) is 11.0. The van der Waals surface area contributed by atoms with E-state index in [0.717, 1.165) is 23.2 Å². The minimum atomic E-state index is -0.180. The van der Waals surface area contributed by atoms with Gasteiger partial charge in [0.2, 0.25) is 0 Å². The van der Waals surface area contributed by atoms with Crippen molar-refractivity contribution in [3.63, 3.8) is 0 Å². The molecule has 0 aliphatic carbocycles. The van der Waals surface area contributed by atoms with E-state index in [1.54, 1.807) is 12.1 Å². The first-order valence-corrected chi connectivity index (χ1v) is 6.64. The Hall–Kier alpha value is -1.67. The van der Waals surface area contributed by atoms with Crippen molar-refractivity contribution < 1.29 is 4.39 Å². The van der Waals surface area contributed by atoms with E-state index < -0.39 is 0 Å². The molecule has 0 unspecified atom stereocenters. The van der Waals surface area contributed by atoms with Gasteiger partial charge in [0, 0.05) is 12.6 Å². The summed E-state index contributed by atoms with van der Waals surface area (Å²) in [6, 6.07) is 13.8. The van der Waals surface area contributed by atoms with Crippen LogP contribution in [0.3, 0.4) is 0 Å². The molecule has 0 amide bonds. The van der Waals surface area contributed by atoms with Crippen LogP contribution >= 0.6 is 0 Å². The number of hydrogen-bond donors (Lipinski definition) is 1. The van der Waals surface area contributed by atoms with E-state index in [-0.39, 0.29) is 5.82 Å². The van der Waals surface area contributed by atoms with Crippen molar-refractivity contribution in [2.24, 2.45) is 0 Å². The average molecular weight is 257 g/mol. The van der Waals surface area contributed by atoms with E-state index in [1.165, 1.54) is 5.56 Å². The van der Waals surface area contributed by atoms with Gasteiger partial charge in [-0.3, -0.25) is 0 Å². The monoisotopic (exact) mass is 257 g/mol. The molecule has 0 aliphatic heterocycles. The minimum Gasteiger partial charge on any atom is -0.310 e. The molecule has 0 aliphatic rings. The molecule has 0 fully saturated rings. The zero-order valence-electron chi connectivity index (χ0n) is 11.7. The zero-order valence-corrected chi connectivity index (χ0v) is 11.7. The highest BCUT2D eigenvalue weighted by molar-refractivity contribution is 5.65. The molecule has 100 valence electrons. The Morgan fingerprint density at radius 3 is 2.53 bits per heavy atom. The lowest BCUT2D eigenvalue weighted by molar-refractivity contribution is 0.589. The summed E-state index contributed by atoms with van der Waals surface area (Å²) in [6.07, 6.45) is 0. The van der Waals surface area contributed by atoms with Gasteiger partial charge in [0.15, 0.2) is 0 Å². The molecule has 0 radical (unpaired) electrons. The van der Waals surface area contributed by atoms with Crippen molar-refractivity contribution in [1.82, 2.24) is 5.32 Å². The fraction of sp³-hybridized carbons (Fsp3) is 0.294. The Labute approximate surface area is 114 Å². The van der Waals surface area contributed by atoms with Crippen LogP contribution in [0.4, 0.5) is 4.39 Å².